The van der Waals surface area contributed by atoms with E-state index in [0.29, 0.717) is 50.6 Å². The van der Waals surface area contributed by atoms with Crippen LogP contribution in [0.2, 0.25) is 0 Å². The number of ether oxygens (including phenoxy) is 2. The SMILES string of the molecule is CCOCCCNC(=O)c1cc(S(=O)(=O)N2CCc3ccccc32)ccc1OC. The van der Waals surface area contributed by atoms with Gasteiger partial charge in [-0.3, -0.25) is 9.10 Å². The number of carbonyl (C=O) groups is 1. The Balaban J connectivity index is 1.83. The molecule has 8 heteroatoms. The van der Waals surface area contributed by atoms with Gasteiger partial charge in [-0.05, 0) is 49.6 Å². The van der Waals surface area contributed by atoms with E-state index in [2.05, 4.69) is 5.32 Å². The predicted octanol–water partition coefficient (Wildman–Crippen LogP) is 2.60. The number of nitrogens with zero attached hydrogens (tertiary/aromatic N) is 1. The summed E-state index contributed by atoms with van der Waals surface area (Å²) in [6.45, 7) is 3.90. The molecule has 0 spiro atoms. The molecule has 1 N–H and O–H groups in total. The van der Waals surface area contributed by atoms with Gasteiger partial charge in [0.05, 0.1) is 23.3 Å². The fourth-order valence-electron chi connectivity index (χ4n) is 3.33. The van der Waals surface area contributed by atoms with Crippen LogP contribution in [0.5, 0.6) is 5.75 Å². The second-order valence-electron chi connectivity index (χ2n) is 6.62. The number of rotatable bonds is 9. The van der Waals surface area contributed by atoms with Crippen LogP contribution in [0.15, 0.2) is 47.4 Å². The van der Waals surface area contributed by atoms with Crippen LogP contribution in [0.1, 0.15) is 29.3 Å². The summed E-state index contributed by atoms with van der Waals surface area (Å²) >= 11 is 0. The molecule has 1 amide bonds. The number of hydrogen-bond acceptors (Lipinski definition) is 5. The number of benzene rings is 2. The Morgan fingerprint density at radius 2 is 2.00 bits per heavy atom. The molecule has 1 heterocycles. The Morgan fingerprint density at radius 3 is 2.76 bits per heavy atom. The van der Waals surface area contributed by atoms with Crippen molar-refractivity contribution in [3.05, 3.63) is 53.6 Å². The van der Waals surface area contributed by atoms with E-state index in [4.69, 9.17) is 9.47 Å². The molecule has 1 aliphatic heterocycles. The average molecular weight is 419 g/mol. The maximum Gasteiger partial charge on any atom is 0.264 e. The zero-order valence-electron chi connectivity index (χ0n) is 16.7. The first-order chi connectivity index (χ1) is 14.0. The zero-order chi connectivity index (χ0) is 20.9. The van der Waals surface area contributed by atoms with Crippen molar-refractivity contribution in [2.24, 2.45) is 0 Å². The van der Waals surface area contributed by atoms with Crippen LogP contribution < -0.4 is 14.4 Å². The van der Waals surface area contributed by atoms with Crippen molar-refractivity contribution >= 4 is 21.6 Å². The van der Waals surface area contributed by atoms with Crippen molar-refractivity contribution in [3.63, 3.8) is 0 Å². The van der Waals surface area contributed by atoms with Gasteiger partial charge in [0.25, 0.3) is 15.9 Å². The van der Waals surface area contributed by atoms with Gasteiger partial charge >= 0.3 is 0 Å². The van der Waals surface area contributed by atoms with Gasteiger partial charge in [0.1, 0.15) is 5.75 Å². The molecular weight excluding hydrogens is 392 g/mol. The molecule has 0 unspecified atom stereocenters. The number of methoxy groups -OCH3 is 1. The van der Waals surface area contributed by atoms with Crippen LogP contribution >= 0.6 is 0 Å². The van der Waals surface area contributed by atoms with Crippen LogP contribution in [-0.4, -0.2) is 47.7 Å². The first-order valence-corrected chi connectivity index (χ1v) is 11.1. The molecule has 0 bridgehead atoms. The van der Waals surface area contributed by atoms with Crippen molar-refractivity contribution in [1.29, 1.82) is 0 Å². The molecule has 0 saturated carbocycles. The number of carbonyl (C=O) groups excluding carboxylic acids is 1. The Hall–Kier alpha value is -2.58. The second kappa shape index (κ2) is 9.28. The van der Waals surface area contributed by atoms with E-state index in [1.807, 2.05) is 25.1 Å². The van der Waals surface area contributed by atoms with E-state index < -0.39 is 10.0 Å². The molecule has 2 aromatic rings. The average Bonchev–Trinajstić information content (AvgIpc) is 3.18. The summed E-state index contributed by atoms with van der Waals surface area (Å²) in [5.74, 6) is -0.0506. The van der Waals surface area contributed by atoms with Crippen molar-refractivity contribution < 1.29 is 22.7 Å². The molecule has 0 aromatic heterocycles. The van der Waals surface area contributed by atoms with Crippen molar-refractivity contribution in [3.8, 4) is 5.75 Å². The maximum absolute atomic E-state index is 13.2. The zero-order valence-corrected chi connectivity index (χ0v) is 17.5. The Kier molecular flexibility index (Phi) is 6.76. The predicted molar refractivity (Wildman–Crippen MR) is 111 cm³/mol. The van der Waals surface area contributed by atoms with Gasteiger partial charge in [0.2, 0.25) is 0 Å². The second-order valence-corrected chi connectivity index (χ2v) is 8.49. The summed E-state index contributed by atoms with van der Waals surface area (Å²) in [4.78, 5) is 12.7. The summed E-state index contributed by atoms with van der Waals surface area (Å²) in [6.07, 6.45) is 1.34. The number of sulfonamides is 1. The van der Waals surface area contributed by atoms with E-state index in [0.717, 1.165) is 5.56 Å². The Morgan fingerprint density at radius 1 is 1.21 bits per heavy atom. The van der Waals surface area contributed by atoms with Crippen LogP contribution in [0.25, 0.3) is 0 Å². The van der Waals surface area contributed by atoms with Gasteiger partial charge in [-0.1, -0.05) is 18.2 Å². The summed E-state index contributed by atoms with van der Waals surface area (Å²) < 4.78 is 38.4. The number of anilines is 1. The standard InChI is InChI=1S/C21H26N2O5S/c1-3-28-14-6-12-22-21(24)18-15-17(9-10-20(18)27-2)29(25,26)23-13-11-16-7-4-5-8-19(16)23/h4-5,7-10,15H,3,6,11-14H2,1-2H3,(H,22,24). The minimum Gasteiger partial charge on any atom is -0.496 e. The molecule has 3 rings (SSSR count). The van der Waals surface area contributed by atoms with Gasteiger partial charge in [0, 0.05) is 26.3 Å². The van der Waals surface area contributed by atoms with Crippen LogP contribution in [0.4, 0.5) is 5.69 Å². The normalized spacial score (nSPS) is 13.2. The van der Waals surface area contributed by atoms with E-state index in [1.54, 1.807) is 6.07 Å². The highest BCUT2D eigenvalue weighted by atomic mass is 32.2. The molecule has 0 aliphatic carbocycles. The first-order valence-electron chi connectivity index (χ1n) is 9.63. The maximum atomic E-state index is 13.2. The van der Waals surface area contributed by atoms with Crippen LogP contribution in [0.3, 0.4) is 0 Å². The summed E-state index contributed by atoms with van der Waals surface area (Å²) in [7, 11) is -2.34. The Bertz CT molecular complexity index is 975. The molecule has 0 saturated heterocycles. The number of amides is 1. The lowest BCUT2D eigenvalue weighted by molar-refractivity contribution is 0.0941. The van der Waals surface area contributed by atoms with Gasteiger partial charge in [-0.25, -0.2) is 8.42 Å². The fraction of sp³-hybridized carbons (Fsp3) is 0.381. The summed E-state index contributed by atoms with van der Waals surface area (Å²) in [5, 5.41) is 2.79. The van der Waals surface area contributed by atoms with Crippen molar-refractivity contribution in [2.45, 2.75) is 24.7 Å². The number of fused-ring (bicyclic) bond motifs is 1. The van der Waals surface area contributed by atoms with Gasteiger partial charge in [-0.2, -0.15) is 0 Å². The fourth-order valence-corrected chi connectivity index (χ4v) is 4.86. The molecule has 0 fully saturated rings. The highest BCUT2D eigenvalue weighted by molar-refractivity contribution is 7.92. The molecule has 0 radical (unpaired) electrons. The van der Waals surface area contributed by atoms with Crippen LogP contribution in [0, 0.1) is 0 Å². The molecule has 29 heavy (non-hydrogen) atoms. The number of para-hydroxylation sites is 1. The quantitative estimate of drug-likeness (QED) is 0.633. The smallest absolute Gasteiger partial charge is 0.264 e. The largest absolute Gasteiger partial charge is 0.496 e. The van der Waals surface area contributed by atoms with Crippen LogP contribution in [-0.2, 0) is 21.2 Å². The van der Waals surface area contributed by atoms with Crippen molar-refractivity contribution in [1.82, 2.24) is 5.32 Å². The number of hydrogen-bond donors (Lipinski definition) is 1. The molecule has 0 atom stereocenters. The van der Waals surface area contributed by atoms with Gasteiger partial charge in [0.15, 0.2) is 0 Å². The van der Waals surface area contributed by atoms with E-state index in [1.165, 1.54) is 29.6 Å². The highest BCUT2D eigenvalue weighted by Crippen LogP contribution is 2.33. The third-order valence-corrected chi connectivity index (χ3v) is 6.61. The summed E-state index contributed by atoms with van der Waals surface area (Å²) in [6, 6.07) is 11.8. The topological polar surface area (TPSA) is 84.9 Å². The summed E-state index contributed by atoms with van der Waals surface area (Å²) in [5.41, 5.74) is 1.87. The van der Waals surface area contributed by atoms with Gasteiger partial charge < -0.3 is 14.8 Å². The first kappa shape index (κ1) is 21.1. The monoisotopic (exact) mass is 418 g/mol. The minimum atomic E-state index is -3.79. The molecule has 156 valence electrons. The molecule has 7 nitrogen and oxygen atoms in total. The molecule has 2 aromatic carbocycles. The minimum absolute atomic E-state index is 0.0643. The lowest BCUT2D eigenvalue weighted by Gasteiger charge is -2.20. The molecular formula is C21H26N2O5S. The van der Waals surface area contributed by atoms with Gasteiger partial charge in [-0.15, -0.1) is 0 Å². The molecule has 1 aliphatic rings. The lowest BCUT2D eigenvalue weighted by Crippen LogP contribution is -2.30. The third-order valence-electron chi connectivity index (χ3n) is 4.80. The Labute approximate surface area is 171 Å². The highest BCUT2D eigenvalue weighted by Gasteiger charge is 2.31. The van der Waals surface area contributed by atoms with E-state index in [9.17, 15) is 13.2 Å². The van der Waals surface area contributed by atoms with E-state index in [-0.39, 0.29) is 16.4 Å². The third kappa shape index (κ3) is 4.54. The lowest BCUT2D eigenvalue weighted by atomic mass is 10.2. The van der Waals surface area contributed by atoms with E-state index >= 15 is 0 Å². The number of nitrogens with one attached hydrogen (secondary N) is 1. The van der Waals surface area contributed by atoms with Crippen molar-refractivity contribution in [2.75, 3.05) is 37.7 Å².